The van der Waals surface area contributed by atoms with Gasteiger partial charge in [0.1, 0.15) is 0 Å². The van der Waals surface area contributed by atoms with Gasteiger partial charge in [-0.05, 0) is 264 Å². The molecular weight excluding hydrogens is 1020 g/mol. The zero-order chi connectivity index (χ0) is 59.2. The van der Waals surface area contributed by atoms with Crippen LogP contribution in [0.3, 0.4) is 0 Å². The molecule has 2 unspecified atom stereocenters. The second-order valence-electron chi connectivity index (χ2n) is 24.3. The lowest BCUT2D eigenvalue weighted by molar-refractivity contribution is 0.548. The fraction of sp³-hybridized carbons (Fsp3) is 0.167. The van der Waals surface area contributed by atoms with Gasteiger partial charge in [0.2, 0.25) is 6.71 Å². The van der Waals surface area contributed by atoms with Crippen LogP contribution in [-0.4, -0.2) is 6.71 Å². The minimum absolute atomic E-state index is 0.0200. The summed E-state index contributed by atoms with van der Waals surface area (Å²) in [6.45, 7) is 29.3. The van der Waals surface area contributed by atoms with E-state index in [0.29, 0.717) is 0 Å². The van der Waals surface area contributed by atoms with Crippen LogP contribution >= 0.6 is 0 Å². The first-order valence-corrected chi connectivity index (χ1v) is 30.6. The summed E-state index contributed by atoms with van der Waals surface area (Å²) in [7, 11) is 0. The summed E-state index contributed by atoms with van der Waals surface area (Å²) in [4.78, 5) is 0. The first-order chi connectivity index (χ1) is 41.2. The van der Waals surface area contributed by atoms with Crippen LogP contribution in [0.1, 0.15) is 77.8 Å². The van der Waals surface area contributed by atoms with E-state index in [-0.39, 0.29) is 18.5 Å². The lowest BCUT2D eigenvalue weighted by Gasteiger charge is -2.40. The molecular formula is C84H77B. The Morgan fingerprint density at radius 3 is 0.694 bits per heavy atom. The van der Waals surface area contributed by atoms with E-state index in [1.165, 1.54) is 172 Å². The molecule has 0 radical (unpaired) electrons. The molecule has 0 saturated heterocycles. The van der Waals surface area contributed by atoms with Gasteiger partial charge in [0.15, 0.2) is 0 Å². The van der Waals surface area contributed by atoms with Gasteiger partial charge in [-0.1, -0.05) is 240 Å². The minimum Gasteiger partial charge on any atom is -0.0841 e. The number of hydrogen-bond acceptors (Lipinski definition) is 0. The van der Waals surface area contributed by atoms with E-state index in [0.717, 1.165) is 0 Å². The third-order valence-corrected chi connectivity index (χ3v) is 19.7. The molecule has 11 aromatic carbocycles. The lowest BCUT2D eigenvalue weighted by atomic mass is 9.30. The van der Waals surface area contributed by atoms with Crippen LogP contribution in [0.2, 0.25) is 0 Å². The van der Waals surface area contributed by atoms with E-state index in [1.54, 1.807) is 0 Å². The Hall–Kier alpha value is -9.04. The third-order valence-electron chi connectivity index (χ3n) is 19.7. The summed E-state index contributed by atoms with van der Waals surface area (Å²) < 4.78 is 0. The maximum absolute atomic E-state index is 2.54. The van der Waals surface area contributed by atoms with Gasteiger partial charge in [-0.15, -0.1) is 0 Å². The van der Waals surface area contributed by atoms with Crippen molar-refractivity contribution in [3.63, 3.8) is 0 Å². The van der Waals surface area contributed by atoms with Crippen LogP contribution in [0.15, 0.2) is 253 Å². The van der Waals surface area contributed by atoms with E-state index >= 15 is 0 Å². The van der Waals surface area contributed by atoms with Crippen LogP contribution in [0, 0.1) is 67.2 Å². The Morgan fingerprint density at radius 1 is 0.224 bits per heavy atom. The highest BCUT2D eigenvalue weighted by atomic mass is 14.4. The quantitative estimate of drug-likeness (QED) is 0.107. The van der Waals surface area contributed by atoms with Crippen LogP contribution in [0.4, 0.5) is 0 Å². The van der Waals surface area contributed by atoms with Crippen molar-refractivity contribution in [1.29, 1.82) is 0 Å². The zero-order valence-electron chi connectivity index (χ0n) is 51.7. The summed E-state index contributed by atoms with van der Waals surface area (Å²) in [5, 5.41) is 0. The van der Waals surface area contributed by atoms with Gasteiger partial charge in [-0.25, -0.2) is 0 Å². The number of allylic oxidation sites excluding steroid dienone is 4. The van der Waals surface area contributed by atoms with Gasteiger partial charge in [-0.2, -0.15) is 0 Å². The Balaban J connectivity index is 1.12. The zero-order valence-corrected chi connectivity index (χ0v) is 51.7. The van der Waals surface area contributed by atoms with Crippen molar-refractivity contribution in [2.75, 3.05) is 0 Å². The summed E-state index contributed by atoms with van der Waals surface area (Å²) in [6.07, 6.45) is 0. The summed E-state index contributed by atoms with van der Waals surface area (Å²) in [6, 6.07) is 87.3. The third kappa shape index (κ3) is 10.5. The Morgan fingerprint density at radius 2 is 0.447 bits per heavy atom. The van der Waals surface area contributed by atoms with Gasteiger partial charge in [-0.3, -0.25) is 0 Å². The summed E-state index contributed by atoms with van der Waals surface area (Å²) in [5.41, 5.74) is 40.7. The molecule has 0 aliphatic heterocycles. The molecule has 0 spiro atoms. The Kier molecular flexibility index (Phi) is 15.6. The molecule has 0 N–H and O–H groups in total. The minimum atomic E-state index is -0.0200. The second kappa shape index (κ2) is 23.6. The normalized spacial score (nSPS) is 14.3. The Bertz CT molecular complexity index is 3950. The molecule has 2 atom stereocenters. The molecule has 0 aromatic heterocycles. The van der Waals surface area contributed by atoms with Gasteiger partial charge in [0.25, 0.3) is 0 Å². The van der Waals surface area contributed by atoms with E-state index in [9.17, 15) is 0 Å². The average Bonchev–Trinajstić information content (AvgIpc) is 2.33. The van der Waals surface area contributed by atoms with Gasteiger partial charge in [0, 0.05) is 0 Å². The SMILES string of the molecule is CC1=C(B(c2c(C)c(C)c(-c3cc(-c4ccccc4)cc(-c4ccccc4)c3)c(C)c2C)c2c(C)c(C)c(-c3cc(-c4ccccc4)cc(-c4ccccc4)c3)c(C)c2C)C(C)C(C)C(c2cc(-c3ccccc3)cc(-c3ccccc3)c2)=C1C. The molecule has 416 valence electrons. The summed E-state index contributed by atoms with van der Waals surface area (Å²) >= 11 is 0. The number of hydrogen-bond donors (Lipinski definition) is 0. The van der Waals surface area contributed by atoms with Crippen molar-refractivity contribution in [2.24, 2.45) is 11.8 Å². The summed E-state index contributed by atoms with van der Waals surface area (Å²) in [5.74, 6) is 0.420. The molecule has 0 bridgehead atoms. The highest BCUT2D eigenvalue weighted by molar-refractivity contribution is 6.92. The van der Waals surface area contributed by atoms with Crippen molar-refractivity contribution < 1.29 is 0 Å². The highest BCUT2D eigenvalue weighted by Crippen LogP contribution is 2.48. The first kappa shape index (κ1) is 56.4. The lowest BCUT2D eigenvalue weighted by Crippen LogP contribution is -2.53. The molecule has 1 aliphatic carbocycles. The molecule has 1 heteroatoms. The van der Waals surface area contributed by atoms with E-state index in [4.69, 9.17) is 0 Å². The van der Waals surface area contributed by atoms with Gasteiger partial charge >= 0.3 is 0 Å². The predicted octanol–water partition coefficient (Wildman–Crippen LogP) is 21.7. The van der Waals surface area contributed by atoms with E-state index < -0.39 is 0 Å². The van der Waals surface area contributed by atoms with E-state index in [1.807, 2.05) is 0 Å². The van der Waals surface area contributed by atoms with Crippen LogP contribution in [0.25, 0.3) is 94.6 Å². The molecule has 0 amide bonds. The van der Waals surface area contributed by atoms with Gasteiger partial charge in [0.05, 0.1) is 0 Å². The van der Waals surface area contributed by atoms with Crippen molar-refractivity contribution in [2.45, 2.75) is 83.1 Å². The van der Waals surface area contributed by atoms with Crippen molar-refractivity contribution in [3.05, 3.63) is 303 Å². The topological polar surface area (TPSA) is 0 Å². The largest absolute Gasteiger partial charge is 0.239 e. The molecule has 1 aliphatic rings. The molecule has 0 nitrogen and oxygen atoms in total. The number of benzene rings is 11. The molecule has 0 fully saturated rings. The first-order valence-electron chi connectivity index (χ1n) is 30.6. The van der Waals surface area contributed by atoms with Gasteiger partial charge < -0.3 is 0 Å². The highest BCUT2D eigenvalue weighted by Gasteiger charge is 2.41. The monoisotopic (exact) mass is 1100 g/mol. The molecule has 12 rings (SSSR count). The standard InChI is InChI=1S/C84H77B/c1-52-58(7)82(59(8)53(2)79(52)76-46-70(64-31-19-13-20-32-64)43-71(47-76)65-33-21-14-22-34-65)85(83-60(9)54(3)80(55(4)61(83)10)77-48-72(66-35-23-15-24-36-66)44-73(49-77)67-37-25-16-26-38-67)84-62(11)56(5)81(57(6)63(84)12)78-50-74(68-39-27-17-28-40-68)45-75(51-78)69-41-29-18-30-42-69/h13-52,58H,1-12H3. The molecule has 0 heterocycles. The maximum atomic E-state index is 2.54. The predicted molar refractivity (Wildman–Crippen MR) is 369 cm³/mol. The Labute approximate surface area is 507 Å². The fourth-order valence-electron chi connectivity index (χ4n) is 14.6. The average molecular weight is 1100 g/mol. The van der Waals surface area contributed by atoms with E-state index in [2.05, 4.69) is 320 Å². The molecule has 85 heavy (non-hydrogen) atoms. The smallest absolute Gasteiger partial charge is 0.0841 e. The molecule has 11 aromatic rings. The fourth-order valence-corrected chi connectivity index (χ4v) is 14.6. The van der Waals surface area contributed by atoms with Crippen LogP contribution in [-0.2, 0) is 0 Å². The maximum Gasteiger partial charge on any atom is 0.239 e. The van der Waals surface area contributed by atoms with Crippen LogP contribution < -0.4 is 10.9 Å². The second-order valence-corrected chi connectivity index (χ2v) is 24.3. The van der Waals surface area contributed by atoms with Crippen molar-refractivity contribution in [1.82, 2.24) is 0 Å². The van der Waals surface area contributed by atoms with Crippen molar-refractivity contribution >= 4 is 23.2 Å². The van der Waals surface area contributed by atoms with Crippen molar-refractivity contribution in [3.8, 4) is 89.0 Å². The number of rotatable bonds is 12. The molecule has 0 saturated carbocycles. The van der Waals surface area contributed by atoms with Crippen LogP contribution in [0.5, 0.6) is 0 Å².